The van der Waals surface area contributed by atoms with Crippen LogP contribution in [0.5, 0.6) is 5.75 Å². The molecule has 1 aromatic carbocycles. The fourth-order valence-electron chi connectivity index (χ4n) is 2.04. The summed E-state index contributed by atoms with van der Waals surface area (Å²) in [5, 5.41) is -0.545. The van der Waals surface area contributed by atoms with Gasteiger partial charge in [0.2, 0.25) is 5.24 Å². The Hall–Kier alpha value is -2.07. The lowest BCUT2D eigenvalue weighted by Gasteiger charge is -2.11. The number of carbonyl (C=O) groups excluding carboxylic acids is 1. The Labute approximate surface area is 121 Å². The third kappa shape index (κ3) is 2.91. The standard InChI is InChI=1S/C15H14ClNO3/c1-17-13(10-4-3-5-12(8-10)20-2)7-6-11(15(17)19)9-14(16)18/h3-8H,9H2,1-2H3. The molecule has 0 saturated carbocycles. The maximum Gasteiger partial charge on any atom is 0.254 e. The third-order valence-electron chi connectivity index (χ3n) is 3.08. The van der Waals surface area contributed by atoms with E-state index in [1.54, 1.807) is 26.3 Å². The summed E-state index contributed by atoms with van der Waals surface area (Å²) in [4.78, 5) is 23.1. The van der Waals surface area contributed by atoms with Crippen molar-refractivity contribution in [3.63, 3.8) is 0 Å². The smallest absolute Gasteiger partial charge is 0.254 e. The number of benzene rings is 1. The zero-order valence-corrected chi connectivity index (χ0v) is 12.0. The van der Waals surface area contributed by atoms with E-state index in [0.717, 1.165) is 17.0 Å². The van der Waals surface area contributed by atoms with Crippen LogP contribution in [0.3, 0.4) is 0 Å². The van der Waals surface area contributed by atoms with Crippen molar-refractivity contribution in [2.75, 3.05) is 7.11 Å². The van der Waals surface area contributed by atoms with Crippen molar-refractivity contribution >= 4 is 16.8 Å². The predicted molar refractivity (Wildman–Crippen MR) is 78.2 cm³/mol. The second-order valence-corrected chi connectivity index (χ2v) is 4.79. The number of aromatic nitrogens is 1. The largest absolute Gasteiger partial charge is 0.497 e. The lowest BCUT2D eigenvalue weighted by atomic mass is 10.1. The minimum Gasteiger partial charge on any atom is -0.497 e. The van der Waals surface area contributed by atoms with Crippen LogP contribution < -0.4 is 10.3 Å². The van der Waals surface area contributed by atoms with Crippen molar-refractivity contribution in [3.8, 4) is 17.0 Å². The normalized spacial score (nSPS) is 10.3. The van der Waals surface area contributed by atoms with E-state index in [1.165, 1.54) is 4.57 Å². The quantitative estimate of drug-likeness (QED) is 0.813. The summed E-state index contributed by atoms with van der Waals surface area (Å²) in [7, 11) is 3.26. The highest BCUT2D eigenvalue weighted by Gasteiger charge is 2.10. The molecule has 0 bridgehead atoms. The van der Waals surface area contributed by atoms with Gasteiger partial charge in [-0.3, -0.25) is 9.59 Å². The van der Waals surface area contributed by atoms with E-state index in [1.807, 2.05) is 24.3 Å². The van der Waals surface area contributed by atoms with Crippen molar-refractivity contribution in [3.05, 3.63) is 52.3 Å². The molecule has 0 aliphatic heterocycles. The SMILES string of the molecule is COc1cccc(-c2ccc(CC(=O)Cl)c(=O)n2C)c1. The first-order chi connectivity index (χ1) is 9.52. The Bertz CT molecular complexity index is 707. The second-order valence-electron chi connectivity index (χ2n) is 4.37. The fourth-order valence-corrected chi connectivity index (χ4v) is 2.19. The van der Waals surface area contributed by atoms with Gasteiger partial charge in [-0.25, -0.2) is 0 Å². The van der Waals surface area contributed by atoms with Gasteiger partial charge in [-0.05, 0) is 29.8 Å². The van der Waals surface area contributed by atoms with Crippen LogP contribution in [0, 0.1) is 0 Å². The van der Waals surface area contributed by atoms with E-state index in [2.05, 4.69) is 0 Å². The molecule has 0 radical (unpaired) electrons. The van der Waals surface area contributed by atoms with Crippen LogP contribution in [-0.2, 0) is 18.3 Å². The monoisotopic (exact) mass is 291 g/mol. The molecule has 2 aromatic rings. The number of pyridine rings is 1. The van der Waals surface area contributed by atoms with Crippen LogP contribution in [0.4, 0.5) is 0 Å². The van der Waals surface area contributed by atoms with Gasteiger partial charge in [0.1, 0.15) is 5.75 Å². The maximum atomic E-state index is 12.2. The first-order valence-electron chi connectivity index (χ1n) is 6.04. The molecule has 0 atom stereocenters. The molecule has 0 saturated heterocycles. The van der Waals surface area contributed by atoms with E-state index in [0.29, 0.717) is 5.56 Å². The minimum atomic E-state index is -0.545. The summed E-state index contributed by atoms with van der Waals surface area (Å²) in [5.41, 5.74) is 1.78. The molecule has 2 rings (SSSR count). The van der Waals surface area contributed by atoms with Crippen molar-refractivity contribution < 1.29 is 9.53 Å². The molecule has 0 unspecified atom stereocenters. The zero-order chi connectivity index (χ0) is 14.7. The van der Waals surface area contributed by atoms with Gasteiger partial charge in [0.05, 0.1) is 19.2 Å². The van der Waals surface area contributed by atoms with Gasteiger partial charge in [0, 0.05) is 18.2 Å². The Kier molecular flexibility index (Phi) is 4.25. The fraction of sp³-hybridized carbons (Fsp3) is 0.200. The average molecular weight is 292 g/mol. The van der Waals surface area contributed by atoms with Gasteiger partial charge in [-0.2, -0.15) is 0 Å². The van der Waals surface area contributed by atoms with E-state index in [9.17, 15) is 9.59 Å². The molecule has 0 aliphatic carbocycles. The summed E-state index contributed by atoms with van der Waals surface area (Å²) in [6, 6.07) is 10.9. The summed E-state index contributed by atoms with van der Waals surface area (Å²) in [5.74, 6) is 0.718. The highest BCUT2D eigenvalue weighted by Crippen LogP contribution is 2.22. The van der Waals surface area contributed by atoms with Gasteiger partial charge < -0.3 is 9.30 Å². The number of rotatable bonds is 4. The number of carbonyl (C=O) groups is 1. The molecule has 4 nitrogen and oxygen atoms in total. The molecule has 20 heavy (non-hydrogen) atoms. The lowest BCUT2D eigenvalue weighted by Crippen LogP contribution is -2.23. The first kappa shape index (κ1) is 14.3. The summed E-state index contributed by atoms with van der Waals surface area (Å²) >= 11 is 5.33. The van der Waals surface area contributed by atoms with Gasteiger partial charge >= 0.3 is 0 Å². The molecule has 1 heterocycles. The molecule has 0 fully saturated rings. The molecular formula is C15H14ClNO3. The van der Waals surface area contributed by atoms with Gasteiger partial charge in [0.25, 0.3) is 5.56 Å². The van der Waals surface area contributed by atoms with Gasteiger partial charge in [-0.1, -0.05) is 18.2 Å². The molecule has 1 aromatic heterocycles. The van der Waals surface area contributed by atoms with Crippen LogP contribution >= 0.6 is 11.6 Å². The highest BCUT2D eigenvalue weighted by atomic mass is 35.5. The minimum absolute atomic E-state index is 0.0629. The average Bonchev–Trinajstić information content (AvgIpc) is 2.44. The highest BCUT2D eigenvalue weighted by molar-refractivity contribution is 6.63. The van der Waals surface area contributed by atoms with Crippen LogP contribution in [0.2, 0.25) is 0 Å². The molecule has 104 valence electrons. The number of methoxy groups -OCH3 is 1. The number of hydrogen-bond donors (Lipinski definition) is 0. The second kappa shape index (κ2) is 5.92. The number of nitrogens with zero attached hydrogens (tertiary/aromatic N) is 1. The number of halogens is 1. The van der Waals surface area contributed by atoms with E-state index in [-0.39, 0.29) is 12.0 Å². The van der Waals surface area contributed by atoms with Crippen molar-refractivity contribution in [1.29, 1.82) is 0 Å². The van der Waals surface area contributed by atoms with Crippen LogP contribution in [0.1, 0.15) is 5.56 Å². The van der Waals surface area contributed by atoms with E-state index >= 15 is 0 Å². The van der Waals surface area contributed by atoms with Crippen molar-refractivity contribution in [2.45, 2.75) is 6.42 Å². The molecule has 5 heteroatoms. The van der Waals surface area contributed by atoms with Gasteiger partial charge in [0.15, 0.2) is 0 Å². The predicted octanol–water partition coefficient (Wildman–Crippen LogP) is 2.37. The van der Waals surface area contributed by atoms with Crippen LogP contribution in [0.15, 0.2) is 41.2 Å². The maximum absolute atomic E-state index is 12.2. The molecule has 0 spiro atoms. The summed E-state index contributed by atoms with van der Waals surface area (Å²) < 4.78 is 6.68. The summed E-state index contributed by atoms with van der Waals surface area (Å²) in [6.45, 7) is 0. The Morgan fingerprint density at radius 3 is 2.70 bits per heavy atom. The first-order valence-corrected chi connectivity index (χ1v) is 6.42. The Balaban J connectivity index is 2.50. The molecule has 0 aliphatic rings. The van der Waals surface area contributed by atoms with Gasteiger partial charge in [-0.15, -0.1) is 0 Å². The van der Waals surface area contributed by atoms with E-state index < -0.39 is 5.24 Å². The van der Waals surface area contributed by atoms with Crippen molar-refractivity contribution in [2.24, 2.45) is 7.05 Å². The number of ether oxygens (including phenoxy) is 1. The Morgan fingerprint density at radius 1 is 1.30 bits per heavy atom. The van der Waals surface area contributed by atoms with Crippen LogP contribution in [-0.4, -0.2) is 16.9 Å². The summed E-state index contributed by atoms with van der Waals surface area (Å²) in [6.07, 6.45) is -0.0629. The zero-order valence-electron chi connectivity index (χ0n) is 11.2. The number of hydrogen-bond acceptors (Lipinski definition) is 3. The molecule has 0 amide bonds. The van der Waals surface area contributed by atoms with E-state index in [4.69, 9.17) is 16.3 Å². The molecular weight excluding hydrogens is 278 g/mol. The Morgan fingerprint density at radius 2 is 2.05 bits per heavy atom. The molecule has 0 N–H and O–H groups in total. The lowest BCUT2D eigenvalue weighted by molar-refractivity contribution is -0.111. The third-order valence-corrected chi connectivity index (χ3v) is 3.21. The van der Waals surface area contributed by atoms with Crippen molar-refractivity contribution in [1.82, 2.24) is 4.57 Å². The topological polar surface area (TPSA) is 48.3 Å². The van der Waals surface area contributed by atoms with Crippen LogP contribution in [0.25, 0.3) is 11.3 Å².